The largest absolute Gasteiger partial charge is 0.364 e. The molecule has 0 saturated carbocycles. The third kappa shape index (κ3) is 3.27. The summed E-state index contributed by atoms with van der Waals surface area (Å²) in [7, 11) is -4.27. The molecule has 0 bridgehead atoms. The number of sulfonamides is 1. The van der Waals surface area contributed by atoms with Crippen molar-refractivity contribution in [1.29, 1.82) is 0 Å². The molecule has 25 heavy (non-hydrogen) atoms. The zero-order valence-electron chi connectivity index (χ0n) is 12.8. The highest BCUT2D eigenvalue weighted by atomic mass is 35.5. The number of hydrogen-bond donors (Lipinski definition) is 2. The number of hydrogen-bond acceptors (Lipinski definition) is 4. The van der Waals surface area contributed by atoms with Crippen molar-refractivity contribution in [2.75, 3.05) is 0 Å². The van der Waals surface area contributed by atoms with E-state index in [1.54, 1.807) is 54.6 Å². The van der Waals surface area contributed by atoms with E-state index in [9.17, 15) is 13.2 Å². The number of para-hydroxylation sites is 1. The van der Waals surface area contributed by atoms with Crippen LogP contribution in [0.2, 0.25) is 5.02 Å². The van der Waals surface area contributed by atoms with Crippen molar-refractivity contribution in [1.82, 2.24) is 9.78 Å². The fourth-order valence-corrected chi connectivity index (χ4v) is 3.46. The second-order valence-electron chi connectivity index (χ2n) is 5.19. The van der Waals surface area contributed by atoms with Crippen LogP contribution < -0.4 is 10.9 Å². The Morgan fingerprint density at radius 2 is 1.64 bits per heavy atom. The quantitative estimate of drug-likeness (QED) is 0.722. The first-order chi connectivity index (χ1) is 11.8. The van der Waals surface area contributed by atoms with Gasteiger partial charge in [-0.2, -0.15) is 5.10 Å². The second kappa shape index (κ2) is 6.32. The maximum atomic E-state index is 12.2. The van der Waals surface area contributed by atoms with Gasteiger partial charge < -0.3 is 5.73 Å². The van der Waals surface area contributed by atoms with Gasteiger partial charge in [-0.1, -0.05) is 41.9 Å². The van der Waals surface area contributed by atoms with E-state index < -0.39 is 26.5 Å². The lowest BCUT2D eigenvalue weighted by molar-refractivity contribution is 0.0992. The zero-order valence-corrected chi connectivity index (χ0v) is 14.3. The first kappa shape index (κ1) is 17.2. The summed E-state index contributed by atoms with van der Waals surface area (Å²) in [4.78, 5) is 11.3. The molecule has 0 atom stereocenters. The van der Waals surface area contributed by atoms with Crippen LogP contribution in [0.15, 0.2) is 59.5 Å². The van der Waals surface area contributed by atoms with Gasteiger partial charge in [-0.25, -0.2) is 18.2 Å². The van der Waals surface area contributed by atoms with Gasteiger partial charge in [0.15, 0.2) is 5.69 Å². The average Bonchev–Trinajstić information content (AvgIpc) is 2.97. The molecular formula is C16H13ClN4O3S. The molecule has 3 aromatic rings. The number of primary sulfonamides is 1. The standard InChI is InChI=1S/C16H13ClN4O3S/c17-11-8-6-10(7-9-11)14-15(25(19,23)24)13(16(18)22)20-21(14)12-4-2-1-3-5-12/h1-9H,(H2,18,22)(H2,19,23,24). The molecule has 1 aromatic heterocycles. The predicted molar refractivity (Wildman–Crippen MR) is 93.9 cm³/mol. The highest BCUT2D eigenvalue weighted by Crippen LogP contribution is 2.32. The first-order valence-electron chi connectivity index (χ1n) is 7.06. The summed E-state index contributed by atoms with van der Waals surface area (Å²) < 4.78 is 25.6. The molecule has 1 amide bonds. The molecule has 0 unspecified atom stereocenters. The minimum atomic E-state index is -4.27. The number of rotatable bonds is 4. The van der Waals surface area contributed by atoms with Gasteiger partial charge in [-0.05, 0) is 24.3 Å². The van der Waals surface area contributed by atoms with Crippen molar-refractivity contribution in [2.45, 2.75) is 4.90 Å². The number of carbonyl (C=O) groups is 1. The van der Waals surface area contributed by atoms with Crippen LogP contribution in [0.4, 0.5) is 0 Å². The van der Waals surface area contributed by atoms with Gasteiger partial charge in [0.05, 0.1) is 11.4 Å². The smallest absolute Gasteiger partial charge is 0.270 e. The molecule has 0 saturated heterocycles. The van der Waals surface area contributed by atoms with Crippen molar-refractivity contribution < 1.29 is 13.2 Å². The third-order valence-corrected chi connectivity index (χ3v) is 4.69. The summed E-state index contributed by atoms with van der Waals surface area (Å²) in [5.41, 5.74) is 6.05. The molecule has 4 N–H and O–H groups in total. The van der Waals surface area contributed by atoms with Crippen LogP contribution in [0.5, 0.6) is 0 Å². The van der Waals surface area contributed by atoms with Crippen molar-refractivity contribution in [2.24, 2.45) is 10.9 Å². The summed E-state index contributed by atoms with van der Waals surface area (Å²) in [5, 5.41) is 9.91. The lowest BCUT2D eigenvalue weighted by Crippen LogP contribution is -2.20. The van der Waals surface area contributed by atoms with E-state index in [-0.39, 0.29) is 5.69 Å². The van der Waals surface area contributed by atoms with Crippen LogP contribution >= 0.6 is 11.6 Å². The summed E-state index contributed by atoms with van der Waals surface area (Å²) in [5.74, 6) is -0.992. The number of nitrogens with zero attached hydrogens (tertiary/aromatic N) is 2. The maximum Gasteiger partial charge on any atom is 0.270 e. The molecule has 7 nitrogen and oxygen atoms in total. The maximum absolute atomic E-state index is 12.2. The van der Waals surface area contributed by atoms with Crippen molar-refractivity contribution in [3.05, 3.63) is 65.3 Å². The Labute approximate surface area is 148 Å². The van der Waals surface area contributed by atoms with E-state index in [1.165, 1.54) is 4.68 Å². The van der Waals surface area contributed by atoms with Crippen molar-refractivity contribution in [3.8, 4) is 16.9 Å². The van der Waals surface area contributed by atoms with Gasteiger partial charge >= 0.3 is 0 Å². The van der Waals surface area contributed by atoms with Crippen LogP contribution in [-0.4, -0.2) is 24.1 Å². The summed E-state index contributed by atoms with van der Waals surface area (Å²) in [6, 6.07) is 15.1. The molecule has 0 fully saturated rings. The van der Waals surface area contributed by atoms with E-state index in [2.05, 4.69) is 5.10 Å². The van der Waals surface area contributed by atoms with Gasteiger partial charge in [0.25, 0.3) is 5.91 Å². The van der Waals surface area contributed by atoms with Crippen LogP contribution in [0, 0.1) is 0 Å². The van der Waals surface area contributed by atoms with Crippen molar-refractivity contribution in [3.63, 3.8) is 0 Å². The number of primary amides is 1. The molecule has 0 aliphatic heterocycles. The van der Waals surface area contributed by atoms with Crippen LogP contribution in [0.3, 0.4) is 0 Å². The topological polar surface area (TPSA) is 121 Å². The number of aromatic nitrogens is 2. The highest BCUT2D eigenvalue weighted by Gasteiger charge is 2.30. The van der Waals surface area contributed by atoms with Crippen LogP contribution in [0.1, 0.15) is 10.5 Å². The predicted octanol–water partition coefficient (Wildman–Crippen LogP) is 1.94. The normalized spacial score (nSPS) is 11.4. The summed E-state index contributed by atoms with van der Waals surface area (Å²) in [6.45, 7) is 0. The monoisotopic (exact) mass is 376 g/mol. The summed E-state index contributed by atoms with van der Waals surface area (Å²) in [6.07, 6.45) is 0. The molecule has 0 radical (unpaired) electrons. The van der Waals surface area contributed by atoms with Gasteiger partial charge in [-0.3, -0.25) is 4.79 Å². The number of benzene rings is 2. The number of amides is 1. The Kier molecular flexibility index (Phi) is 4.34. The number of halogens is 1. The number of carbonyl (C=O) groups excluding carboxylic acids is 1. The second-order valence-corrected chi connectivity index (χ2v) is 7.12. The van der Waals surface area contributed by atoms with Crippen molar-refractivity contribution >= 4 is 27.5 Å². The Morgan fingerprint density at radius 1 is 1.04 bits per heavy atom. The van der Waals surface area contributed by atoms with E-state index in [0.29, 0.717) is 16.3 Å². The molecule has 0 aliphatic carbocycles. The lowest BCUT2D eigenvalue weighted by atomic mass is 10.1. The Morgan fingerprint density at radius 3 is 2.16 bits per heavy atom. The van der Waals surface area contributed by atoms with E-state index in [1.807, 2.05) is 0 Å². The van der Waals surface area contributed by atoms with Gasteiger partial charge in [0, 0.05) is 10.6 Å². The Bertz CT molecular complexity index is 1040. The van der Waals surface area contributed by atoms with Gasteiger partial charge in [0.1, 0.15) is 4.90 Å². The first-order valence-corrected chi connectivity index (χ1v) is 8.98. The Hall–Kier alpha value is -2.68. The molecule has 128 valence electrons. The minimum Gasteiger partial charge on any atom is -0.364 e. The number of nitrogens with two attached hydrogens (primary N) is 2. The molecule has 2 aromatic carbocycles. The third-order valence-electron chi connectivity index (χ3n) is 3.48. The molecule has 1 heterocycles. The van der Waals surface area contributed by atoms with Crippen LogP contribution in [-0.2, 0) is 10.0 Å². The fraction of sp³-hybridized carbons (Fsp3) is 0. The van der Waals surface area contributed by atoms with E-state index in [0.717, 1.165) is 0 Å². The fourth-order valence-electron chi connectivity index (χ4n) is 2.45. The van der Waals surface area contributed by atoms with Gasteiger partial charge in [0.2, 0.25) is 10.0 Å². The SMILES string of the molecule is NC(=O)c1nn(-c2ccccc2)c(-c2ccc(Cl)cc2)c1S(N)(=O)=O. The highest BCUT2D eigenvalue weighted by molar-refractivity contribution is 7.89. The van der Waals surface area contributed by atoms with Gasteiger partial charge in [-0.15, -0.1) is 0 Å². The van der Waals surface area contributed by atoms with E-state index in [4.69, 9.17) is 22.5 Å². The molecule has 0 spiro atoms. The molecule has 9 heteroatoms. The van der Waals surface area contributed by atoms with Crippen LogP contribution in [0.25, 0.3) is 16.9 Å². The molecule has 0 aliphatic rings. The Balaban J connectivity index is 2.43. The summed E-state index contributed by atoms with van der Waals surface area (Å²) >= 11 is 5.90. The molecule has 3 rings (SSSR count). The minimum absolute atomic E-state index is 0.138. The average molecular weight is 377 g/mol. The van der Waals surface area contributed by atoms with E-state index >= 15 is 0 Å². The lowest BCUT2D eigenvalue weighted by Gasteiger charge is -2.09. The zero-order chi connectivity index (χ0) is 18.2. The molecular weight excluding hydrogens is 364 g/mol.